The first-order chi connectivity index (χ1) is 10.1. The molecule has 1 saturated heterocycles. The Kier molecular flexibility index (Phi) is 6.52. The van der Waals surface area contributed by atoms with Crippen molar-refractivity contribution in [2.45, 2.75) is 39.7 Å². The molecule has 2 rings (SSSR count). The van der Waals surface area contributed by atoms with Crippen LogP contribution in [0.2, 0.25) is 0 Å². The Bertz CT molecular complexity index is 396. The first kappa shape index (κ1) is 16.3. The number of benzene rings is 1. The highest BCUT2D eigenvalue weighted by atomic mass is 16.5. The van der Waals surface area contributed by atoms with E-state index < -0.39 is 0 Å². The third-order valence-corrected chi connectivity index (χ3v) is 3.99. The average Bonchev–Trinajstić information content (AvgIpc) is 2.99. The molecule has 2 unspecified atom stereocenters. The Morgan fingerprint density at radius 3 is 2.62 bits per heavy atom. The van der Waals surface area contributed by atoms with Crippen molar-refractivity contribution in [1.29, 1.82) is 0 Å². The minimum absolute atomic E-state index is 0.381. The topological polar surface area (TPSA) is 30.5 Å². The average molecular weight is 291 g/mol. The predicted molar refractivity (Wildman–Crippen MR) is 86.7 cm³/mol. The molecule has 1 aliphatic rings. The molecular weight excluding hydrogens is 262 g/mol. The fraction of sp³-hybridized carbons (Fsp3) is 0.667. The van der Waals surface area contributed by atoms with Crippen LogP contribution < -0.4 is 10.1 Å². The van der Waals surface area contributed by atoms with E-state index in [1.165, 1.54) is 18.4 Å². The van der Waals surface area contributed by atoms with Gasteiger partial charge in [0.2, 0.25) is 0 Å². The second-order valence-corrected chi connectivity index (χ2v) is 6.47. The maximum atomic E-state index is 5.72. The van der Waals surface area contributed by atoms with Crippen LogP contribution >= 0.6 is 0 Å². The second-order valence-electron chi connectivity index (χ2n) is 6.47. The molecule has 0 amide bonds. The molecule has 1 aromatic carbocycles. The third-order valence-electron chi connectivity index (χ3n) is 3.99. The Labute approximate surface area is 129 Å². The van der Waals surface area contributed by atoms with Gasteiger partial charge < -0.3 is 14.8 Å². The highest BCUT2D eigenvalue weighted by molar-refractivity contribution is 5.28. The van der Waals surface area contributed by atoms with Crippen LogP contribution in [0.5, 0.6) is 5.75 Å². The van der Waals surface area contributed by atoms with E-state index in [2.05, 4.69) is 50.4 Å². The second kappa shape index (κ2) is 8.40. The quantitative estimate of drug-likeness (QED) is 0.790. The van der Waals surface area contributed by atoms with Crippen molar-refractivity contribution < 1.29 is 9.47 Å². The molecule has 0 aromatic heterocycles. The Balaban J connectivity index is 1.72. The van der Waals surface area contributed by atoms with Crippen molar-refractivity contribution in [2.75, 3.05) is 26.4 Å². The Morgan fingerprint density at radius 2 is 2.00 bits per heavy atom. The SMILES string of the molecule is CC(C)COc1ccc(C(C)NCCC2CCOC2)cc1. The molecule has 0 radical (unpaired) electrons. The molecule has 1 heterocycles. The minimum Gasteiger partial charge on any atom is -0.493 e. The van der Waals surface area contributed by atoms with Crippen LogP contribution in [0.3, 0.4) is 0 Å². The summed E-state index contributed by atoms with van der Waals surface area (Å²) in [6.45, 7) is 10.3. The van der Waals surface area contributed by atoms with Crippen LogP contribution in [0.15, 0.2) is 24.3 Å². The molecule has 0 bridgehead atoms. The van der Waals surface area contributed by atoms with Crippen molar-refractivity contribution in [3.05, 3.63) is 29.8 Å². The molecule has 1 aromatic rings. The number of nitrogens with one attached hydrogen (secondary N) is 1. The summed E-state index contributed by atoms with van der Waals surface area (Å²) < 4.78 is 11.1. The molecule has 1 fully saturated rings. The maximum Gasteiger partial charge on any atom is 0.119 e. The molecular formula is C18H29NO2. The van der Waals surface area contributed by atoms with Crippen molar-refractivity contribution in [3.8, 4) is 5.75 Å². The van der Waals surface area contributed by atoms with Crippen LogP contribution in [0.25, 0.3) is 0 Å². The molecule has 118 valence electrons. The summed E-state index contributed by atoms with van der Waals surface area (Å²) in [4.78, 5) is 0. The van der Waals surface area contributed by atoms with E-state index in [1.54, 1.807) is 0 Å². The normalized spacial score (nSPS) is 19.9. The van der Waals surface area contributed by atoms with Crippen LogP contribution in [0, 0.1) is 11.8 Å². The first-order valence-corrected chi connectivity index (χ1v) is 8.19. The summed E-state index contributed by atoms with van der Waals surface area (Å²) in [5.74, 6) is 2.27. The lowest BCUT2D eigenvalue weighted by molar-refractivity contribution is 0.184. The van der Waals surface area contributed by atoms with Gasteiger partial charge in [0.25, 0.3) is 0 Å². The fourth-order valence-corrected chi connectivity index (χ4v) is 2.55. The van der Waals surface area contributed by atoms with Crippen LogP contribution in [-0.2, 0) is 4.74 Å². The van der Waals surface area contributed by atoms with Crippen LogP contribution in [-0.4, -0.2) is 26.4 Å². The van der Waals surface area contributed by atoms with Gasteiger partial charge in [-0.2, -0.15) is 0 Å². The number of hydrogen-bond donors (Lipinski definition) is 1. The van der Waals surface area contributed by atoms with Crippen molar-refractivity contribution >= 4 is 0 Å². The number of ether oxygens (including phenoxy) is 2. The highest BCUT2D eigenvalue weighted by Gasteiger charge is 2.15. The zero-order chi connectivity index (χ0) is 15.1. The van der Waals surface area contributed by atoms with Gasteiger partial charge in [-0.3, -0.25) is 0 Å². The molecule has 0 saturated carbocycles. The Hall–Kier alpha value is -1.06. The maximum absolute atomic E-state index is 5.72. The molecule has 1 N–H and O–H groups in total. The van der Waals surface area contributed by atoms with Gasteiger partial charge in [0.05, 0.1) is 6.61 Å². The van der Waals surface area contributed by atoms with Gasteiger partial charge in [-0.15, -0.1) is 0 Å². The zero-order valence-corrected chi connectivity index (χ0v) is 13.6. The van der Waals surface area contributed by atoms with Gasteiger partial charge in [0.1, 0.15) is 5.75 Å². The third kappa shape index (κ3) is 5.68. The minimum atomic E-state index is 0.381. The predicted octanol–water partition coefficient (Wildman–Crippen LogP) is 3.80. The number of hydrogen-bond acceptors (Lipinski definition) is 3. The first-order valence-electron chi connectivity index (χ1n) is 8.19. The van der Waals surface area contributed by atoms with Crippen molar-refractivity contribution in [2.24, 2.45) is 11.8 Å². The zero-order valence-electron chi connectivity index (χ0n) is 13.6. The summed E-state index contributed by atoms with van der Waals surface area (Å²) in [6, 6.07) is 8.84. The van der Waals surface area contributed by atoms with Crippen LogP contribution in [0.4, 0.5) is 0 Å². The molecule has 0 spiro atoms. The highest BCUT2D eigenvalue weighted by Crippen LogP contribution is 2.19. The standard InChI is InChI=1S/C18H29NO2/c1-14(2)12-21-18-6-4-17(5-7-18)15(3)19-10-8-16-9-11-20-13-16/h4-7,14-16,19H,8-13H2,1-3H3. The molecule has 3 nitrogen and oxygen atoms in total. The summed E-state index contributed by atoms with van der Waals surface area (Å²) in [5.41, 5.74) is 1.31. The van der Waals surface area contributed by atoms with Gasteiger partial charge >= 0.3 is 0 Å². The Morgan fingerprint density at radius 1 is 1.24 bits per heavy atom. The summed E-state index contributed by atoms with van der Waals surface area (Å²) in [6.07, 6.45) is 2.43. The molecule has 2 atom stereocenters. The van der Waals surface area contributed by atoms with E-state index in [9.17, 15) is 0 Å². The molecule has 1 aliphatic heterocycles. The van der Waals surface area contributed by atoms with Crippen LogP contribution in [0.1, 0.15) is 45.2 Å². The van der Waals surface area contributed by atoms with Gasteiger partial charge in [-0.25, -0.2) is 0 Å². The fourth-order valence-electron chi connectivity index (χ4n) is 2.55. The van der Waals surface area contributed by atoms with E-state index in [4.69, 9.17) is 9.47 Å². The van der Waals surface area contributed by atoms with E-state index in [-0.39, 0.29) is 0 Å². The van der Waals surface area contributed by atoms with Gasteiger partial charge in [0, 0.05) is 19.3 Å². The van der Waals surface area contributed by atoms with E-state index in [1.807, 2.05) is 0 Å². The smallest absolute Gasteiger partial charge is 0.119 e. The van der Waals surface area contributed by atoms with E-state index >= 15 is 0 Å². The van der Waals surface area contributed by atoms with Gasteiger partial charge in [-0.05, 0) is 55.8 Å². The largest absolute Gasteiger partial charge is 0.493 e. The van der Waals surface area contributed by atoms with E-state index in [0.717, 1.165) is 38.0 Å². The monoisotopic (exact) mass is 291 g/mol. The van der Waals surface area contributed by atoms with Crippen molar-refractivity contribution in [3.63, 3.8) is 0 Å². The lowest BCUT2D eigenvalue weighted by Gasteiger charge is -2.16. The van der Waals surface area contributed by atoms with E-state index in [0.29, 0.717) is 12.0 Å². The van der Waals surface area contributed by atoms with Gasteiger partial charge in [-0.1, -0.05) is 26.0 Å². The van der Waals surface area contributed by atoms with Gasteiger partial charge in [0.15, 0.2) is 0 Å². The number of rotatable bonds is 8. The lowest BCUT2D eigenvalue weighted by atomic mass is 10.0. The summed E-state index contributed by atoms with van der Waals surface area (Å²) in [5, 5.41) is 3.60. The molecule has 21 heavy (non-hydrogen) atoms. The molecule has 3 heteroatoms. The lowest BCUT2D eigenvalue weighted by Crippen LogP contribution is -2.22. The summed E-state index contributed by atoms with van der Waals surface area (Å²) >= 11 is 0. The summed E-state index contributed by atoms with van der Waals surface area (Å²) in [7, 11) is 0. The molecule has 0 aliphatic carbocycles. The van der Waals surface area contributed by atoms with Crippen molar-refractivity contribution in [1.82, 2.24) is 5.32 Å².